The van der Waals surface area contributed by atoms with E-state index in [9.17, 15) is 0 Å². The standard InChI is InChI=1S/C12H22/c1-9(2)7-11(5)12(6)8-10(3)4/h8,10-11H,1,7H2,2-6H3/b12-8+. The van der Waals surface area contributed by atoms with Crippen molar-refractivity contribution in [2.24, 2.45) is 11.8 Å². The zero-order valence-corrected chi connectivity index (χ0v) is 9.15. The van der Waals surface area contributed by atoms with Crippen LogP contribution in [0.15, 0.2) is 23.8 Å². The maximum absolute atomic E-state index is 3.93. The van der Waals surface area contributed by atoms with Gasteiger partial charge in [0.25, 0.3) is 0 Å². The molecule has 0 bridgehead atoms. The molecule has 0 radical (unpaired) electrons. The highest BCUT2D eigenvalue weighted by molar-refractivity contribution is 5.07. The summed E-state index contributed by atoms with van der Waals surface area (Å²) in [5.74, 6) is 1.32. The highest BCUT2D eigenvalue weighted by Crippen LogP contribution is 2.19. The molecule has 0 saturated carbocycles. The maximum Gasteiger partial charge on any atom is -0.0197 e. The van der Waals surface area contributed by atoms with E-state index in [1.165, 1.54) is 11.1 Å². The lowest BCUT2D eigenvalue weighted by atomic mass is 9.93. The predicted octanol–water partition coefficient (Wildman–Crippen LogP) is 4.19. The zero-order valence-electron chi connectivity index (χ0n) is 9.15. The fourth-order valence-electron chi connectivity index (χ4n) is 1.37. The summed E-state index contributed by atoms with van der Waals surface area (Å²) in [6.45, 7) is 14.9. The van der Waals surface area contributed by atoms with E-state index in [0.29, 0.717) is 11.8 Å². The van der Waals surface area contributed by atoms with Gasteiger partial charge in [-0.15, -0.1) is 6.58 Å². The zero-order chi connectivity index (χ0) is 9.72. The third-order valence-corrected chi connectivity index (χ3v) is 2.03. The SMILES string of the molecule is C=C(C)CC(C)/C(C)=C/C(C)C. The van der Waals surface area contributed by atoms with E-state index >= 15 is 0 Å². The predicted molar refractivity (Wildman–Crippen MR) is 57.2 cm³/mol. The summed E-state index contributed by atoms with van der Waals surface area (Å²) in [7, 11) is 0. The summed E-state index contributed by atoms with van der Waals surface area (Å²) in [4.78, 5) is 0. The van der Waals surface area contributed by atoms with E-state index in [-0.39, 0.29) is 0 Å². The molecule has 1 atom stereocenters. The lowest BCUT2D eigenvalue weighted by Gasteiger charge is -2.12. The molecule has 0 saturated heterocycles. The van der Waals surface area contributed by atoms with Crippen LogP contribution in [0.3, 0.4) is 0 Å². The van der Waals surface area contributed by atoms with Crippen molar-refractivity contribution in [3.05, 3.63) is 23.8 Å². The second-order valence-corrected chi connectivity index (χ2v) is 4.22. The molecule has 0 aromatic heterocycles. The first-order valence-electron chi connectivity index (χ1n) is 4.76. The molecular weight excluding hydrogens is 144 g/mol. The third kappa shape index (κ3) is 5.17. The largest absolute Gasteiger partial charge is 0.100 e. The second-order valence-electron chi connectivity index (χ2n) is 4.22. The minimum atomic E-state index is 0.657. The summed E-state index contributed by atoms with van der Waals surface area (Å²) < 4.78 is 0. The van der Waals surface area contributed by atoms with Gasteiger partial charge in [-0.25, -0.2) is 0 Å². The van der Waals surface area contributed by atoms with Crippen molar-refractivity contribution in [2.75, 3.05) is 0 Å². The van der Waals surface area contributed by atoms with E-state index in [1.54, 1.807) is 0 Å². The molecule has 0 aliphatic rings. The van der Waals surface area contributed by atoms with Crippen LogP contribution in [-0.4, -0.2) is 0 Å². The van der Waals surface area contributed by atoms with Crippen LogP contribution in [0.2, 0.25) is 0 Å². The van der Waals surface area contributed by atoms with Gasteiger partial charge in [0.1, 0.15) is 0 Å². The Kier molecular flexibility index (Phi) is 4.96. The third-order valence-electron chi connectivity index (χ3n) is 2.03. The number of hydrogen-bond donors (Lipinski definition) is 0. The van der Waals surface area contributed by atoms with Gasteiger partial charge in [0.15, 0.2) is 0 Å². The molecule has 12 heavy (non-hydrogen) atoms. The van der Waals surface area contributed by atoms with Crippen molar-refractivity contribution in [3.63, 3.8) is 0 Å². The van der Waals surface area contributed by atoms with Crippen molar-refractivity contribution >= 4 is 0 Å². The van der Waals surface area contributed by atoms with Gasteiger partial charge in [-0.05, 0) is 32.1 Å². The Hall–Kier alpha value is -0.520. The first-order chi connectivity index (χ1) is 5.43. The summed E-state index contributed by atoms with van der Waals surface area (Å²) in [5, 5.41) is 0. The number of rotatable bonds is 4. The van der Waals surface area contributed by atoms with Gasteiger partial charge in [0, 0.05) is 0 Å². The first-order valence-corrected chi connectivity index (χ1v) is 4.76. The molecule has 0 spiro atoms. The van der Waals surface area contributed by atoms with Gasteiger partial charge < -0.3 is 0 Å². The molecule has 0 N–H and O–H groups in total. The molecule has 0 fully saturated rings. The van der Waals surface area contributed by atoms with Crippen LogP contribution in [-0.2, 0) is 0 Å². The average Bonchev–Trinajstić information content (AvgIpc) is 1.84. The van der Waals surface area contributed by atoms with Crippen molar-refractivity contribution in [1.82, 2.24) is 0 Å². The average molecular weight is 166 g/mol. The topological polar surface area (TPSA) is 0 Å². The Morgan fingerprint density at radius 2 is 1.75 bits per heavy atom. The Morgan fingerprint density at radius 3 is 2.08 bits per heavy atom. The fourth-order valence-corrected chi connectivity index (χ4v) is 1.37. The molecule has 1 unspecified atom stereocenters. The Balaban J connectivity index is 4.09. The molecule has 0 aliphatic carbocycles. The second kappa shape index (κ2) is 5.18. The smallest absolute Gasteiger partial charge is 0.0197 e. The maximum atomic E-state index is 3.93. The van der Waals surface area contributed by atoms with Crippen molar-refractivity contribution in [3.8, 4) is 0 Å². The van der Waals surface area contributed by atoms with Gasteiger partial charge in [-0.2, -0.15) is 0 Å². The van der Waals surface area contributed by atoms with Gasteiger partial charge in [-0.3, -0.25) is 0 Å². The summed E-state index contributed by atoms with van der Waals surface area (Å²) in [6.07, 6.45) is 3.46. The lowest BCUT2D eigenvalue weighted by Crippen LogP contribution is -1.98. The molecule has 70 valence electrons. The Labute approximate surface area is 77.4 Å². The molecule has 0 aromatic carbocycles. The van der Waals surface area contributed by atoms with Crippen molar-refractivity contribution in [1.29, 1.82) is 0 Å². The Morgan fingerprint density at radius 1 is 1.25 bits per heavy atom. The van der Waals surface area contributed by atoms with Crippen LogP contribution >= 0.6 is 0 Å². The van der Waals surface area contributed by atoms with Gasteiger partial charge in [-0.1, -0.05) is 38.0 Å². The van der Waals surface area contributed by atoms with E-state index < -0.39 is 0 Å². The Bertz CT molecular complexity index is 172. The van der Waals surface area contributed by atoms with E-state index in [1.807, 2.05) is 0 Å². The molecule has 0 nitrogen and oxygen atoms in total. The number of allylic oxidation sites excluding steroid dienone is 3. The summed E-state index contributed by atoms with van der Waals surface area (Å²) in [6, 6.07) is 0. The molecular formula is C12H22. The first kappa shape index (κ1) is 11.5. The monoisotopic (exact) mass is 166 g/mol. The van der Waals surface area contributed by atoms with Crippen molar-refractivity contribution < 1.29 is 0 Å². The highest BCUT2D eigenvalue weighted by atomic mass is 14.1. The molecule has 0 aliphatic heterocycles. The molecule has 0 rings (SSSR count). The van der Waals surface area contributed by atoms with Crippen LogP contribution in [0.5, 0.6) is 0 Å². The van der Waals surface area contributed by atoms with Gasteiger partial charge >= 0.3 is 0 Å². The summed E-state index contributed by atoms with van der Waals surface area (Å²) in [5.41, 5.74) is 2.77. The molecule has 0 heteroatoms. The normalized spacial score (nSPS) is 15.0. The quantitative estimate of drug-likeness (QED) is 0.549. The van der Waals surface area contributed by atoms with Crippen LogP contribution in [0.1, 0.15) is 41.0 Å². The van der Waals surface area contributed by atoms with Gasteiger partial charge in [0.2, 0.25) is 0 Å². The lowest BCUT2D eigenvalue weighted by molar-refractivity contribution is 0.658. The summed E-state index contributed by atoms with van der Waals surface area (Å²) >= 11 is 0. The number of hydrogen-bond acceptors (Lipinski definition) is 0. The fraction of sp³-hybridized carbons (Fsp3) is 0.667. The minimum absolute atomic E-state index is 0.657. The van der Waals surface area contributed by atoms with Crippen LogP contribution < -0.4 is 0 Å². The van der Waals surface area contributed by atoms with E-state index in [2.05, 4.69) is 47.3 Å². The molecule has 0 aromatic rings. The van der Waals surface area contributed by atoms with Gasteiger partial charge in [0.05, 0.1) is 0 Å². The van der Waals surface area contributed by atoms with Crippen LogP contribution in [0.25, 0.3) is 0 Å². The van der Waals surface area contributed by atoms with Crippen LogP contribution in [0, 0.1) is 11.8 Å². The van der Waals surface area contributed by atoms with Crippen LogP contribution in [0.4, 0.5) is 0 Å². The van der Waals surface area contributed by atoms with E-state index in [0.717, 1.165) is 6.42 Å². The minimum Gasteiger partial charge on any atom is -0.100 e. The van der Waals surface area contributed by atoms with Crippen molar-refractivity contribution in [2.45, 2.75) is 41.0 Å². The molecule has 0 amide bonds. The highest BCUT2D eigenvalue weighted by Gasteiger charge is 2.04. The molecule has 0 heterocycles. The van der Waals surface area contributed by atoms with E-state index in [4.69, 9.17) is 0 Å².